The maximum absolute atomic E-state index is 14.4. The van der Waals surface area contributed by atoms with Gasteiger partial charge in [-0.15, -0.1) is 0 Å². The van der Waals surface area contributed by atoms with E-state index in [9.17, 15) is 19.1 Å². The van der Waals surface area contributed by atoms with Crippen LogP contribution in [0.2, 0.25) is 9.54 Å². The molecule has 1 fully saturated rings. The Morgan fingerprint density at radius 1 is 1.43 bits per heavy atom. The van der Waals surface area contributed by atoms with Crippen LogP contribution in [0.4, 0.5) is 10.1 Å². The molecule has 3 rings (SSSR count). The van der Waals surface area contributed by atoms with E-state index in [1.54, 1.807) is 24.3 Å². The molecule has 6 nitrogen and oxygen atoms in total. The topological polar surface area (TPSA) is 78.9 Å². The average Bonchev–Trinajstić information content (AvgIpc) is 3.12. The Balaban J connectivity index is 1.49. The zero-order valence-electron chi connectivity index (χ0n) is 14.8. The number of benzene rings is 1. The van der Waals surface area contributed by atoms with Crippen molar-refractivity contribution in [2.75, 3.05) is 31.2 Å². The van der Waals surface area contributed by atoms with Gasteiger partial charge in [0.25, 0.3) is 0 Å². The molecular weight excluding hydrogens is 470 g/mol. The van der Waals surface area contributed by atoms with E-state index in [1.807, 2.05) is 0 Å². The minimum atomic E-state index is -0.792. The van der Waals surface area contributed by atoms with Gasteiger partial charge in [-0.25, -0.2) is 0 Å². The fraction of sp³-hybridized carbons (Fsp3) is 0.333. The molecule has 2 aromatic rings. The van der Waals surface area contributed by atoms with Crippen LogP contribution in [0.3, 0.4) is 0 Å². The molecule has 0 spiro atoms. The number of morpholine rings is 1. The molecule has 1 aromatic heterocycles. The molecule has 2 amide bonds. The second kappa shape index (κ2) is 9.85. The van der Waals surface area contributed by atoms with Crippen molar-refractivity contribution >= 4 is 60.5 Å². The van der Waals surface area contributed by atoms with Crippen molar-refractivity contribution < 1.29 is 23.8 Å². The summed E-state index contributed by atoms with van der Waals surface area (Å²) in [6, 6.07) is 8.10. The number of hydrogen-bond donors (Lipinski definition) is 2. The fourth-order valence-electron chi connectivity index (χ4n) is 2.65. The second-order valence-corrected chi connectivity index (χ2v) is 10.6. The fourth-order valence-corrected chi connectivity index (χ4v) is 5.80. The third kappa shape index (κ3) is 5.55. The molecule has 0 aliphatic carbocycles. The number of halogens is 2. The summed E-state index contributed by atoms with van der Waals surface area (Å²) in [5.41, 5.74) is 0.256. The first-order chi connectivity index (χ1) is 13.4. The summed E-state index contributed by atoms with van der Waals surface area (Å²) in [6.07, 6.45) is -0.706. The van der Waals surface area contributed by atoms with Crippen LogP contribution in [0.5, 0.6) is 0 Å². The van der Waals surface area contributed by atoms with Crippen LogP contribution in [-0.4, -0.2) is 65.1 Å². The van der Waals surface area contributed by atoms with Crippen LogP contribution in [0.15, 0.2) is 30.3 Å². The molecule has 2 unspecified atom stereocenters. The van der Waals surface area contributed by atoms with Crippen molar-refractivity contribution in [2.45, 2.75) is 11.3 Å². The van der Waals surface area contributed by atoms with Gasteiger partial charge in [-0.3, -0.25) is 0 Å². The van der Waals surface area contributed by atoms with Crippen molar-refractivity contribution in [3.05, 3.63) is 45.4 Å². The monoisotopic (exact) mass is 488 g/mol. The third-order valence-electron chi connectivity index (χ3n) is 4.06. The summed E-state index contributed by atoms with van der Waals surface area (Å²) < 4.78 is 20.9. The predicted octanol–water partition coefficient (Wildman–Crippen LogP) is 1.17. The molecule has 1 aromatic carbocycles. The summed E-state index contributed by atoms with van der Waals surface area (Å²) in [4.78, 5) is 25.7. The van der Waals surface area contributed by atoms with Gasteiger partial charge in [0.15, 0.2) is 0 Å². The molecular formula is C18H19AsClFN2O4S. The molecule has 150 valence electrons. The van der Waals surface area contributed by atoms with Gasteiger partial charge in [-0.05, 0) is 0 Å². The molecule has 0 radical (unpaired) electrons. The summed E-state index contributed by atoms with van der Waals surface area (Å²) in [5.74, 6) is -0.984. The number of carbonyl (C=O) groups excluding carboxylic acids is 2. The molecule has 1 aliphatic heterocycles. The van der Waals surface area contributed by atoms with Crippen molar-refractivity contribution in [3.63, 3.8) is 0 Å². The summed E-state index contributed by atoms with van der Waals surface area (Å²) >= 11 is 6.18. The van der Waals surface area contributed by atoms with Gasteiger partial charge in [0.1, 0.15) is 0 Å². The molecule has 0 bridgehead atoms. The Hall–Kier alpha value is -1.44. The molecule has 2 N–H and O–H groups in total. The van der Waals surface area contributed by atoms with Crippen LogP contribution < -0.4 is 14.6 Å². The second-order valence-electron chi connectivity index (χ2n) is 6.11. The van der Waals surface area contributed by atoms with E-state index in [0.717, 1.165) is 4.35 Å². The number of carbonyl (C=O) groups is 2. The van der Waals surface area contributed by atoms with Crippen molar-refractivity contribution in [2.24, 2.45) is 0 Å². The van der Waals surface area contributed by atoms with E-state index in [-0.39, 0.29) is 30.7 Å². The molecule has 1 aliphatic rings. The van der Waals surface area contributed by atoms with E-state index >= 15 is 0 Å². The molecule has 10 heteroatoms. The number of anilines is 1. The number of aliphatic hydroxyl groups excluding tert-OH is 1. The Bertz CT molecular complexity index is 866. The molecule has 2 heterocycles. The standard InChI is InChI=1S/C18H19AsClFN2O4S/c20-16-4-3-15(28-16)18(26)22-9-12(24)8-19-11-1-2-14(13(21)7-11)23-5-6-27-10-17(23)25/h1-4,7,12,19,24H,5-6,8-10H2,(H,22,26). The number of amides is 2. The van der Waals surface area contributed by atoms with E-state index < -0.39 is 27.7 Å². The van der Waals surface area contributed by atoms with Crippen LogP contribution in [-0.2, 0) is 9.53 Å². The minimum absolute atomic E-state index is 0.0370. The number of hydrogen-bond acceptors (Lipinski definition) is 5. The molecule has 28 heavy (non-hydrogen) atoms. The van der Waals surface area contributed by atoms with Crippen molar-refractivity contribution in [3.8, 4) is 0 Å². The van der Waals surface area contributed by atoms with Crippen LogP contribution in [0.25, 0.3) is 0 Å². The Morgan fingerprint density at radius 2 is 2.25 bits per heavy atom. The maximum atomic E-state index is 14.4. The van der Waals surface area contributed by atoms with Gasteiger partial charge in [0, 0.05) is 0 Å². The van der Waals surface area contributed by atoms with E-state index in [0.29, 0.717) is 27.6 Å². The zero-order valence-corrected chi connectivity index (χ0v) is 18.5. The van der Waals surface area contributed by atoms with Crippen LogP contribution in [0.1, 0.15) is 9.67 Å². The van der Waals surface area contributed by atoms with E-state index in [4.69, 9.17) is 16.3 Å². The SMILES string of the molecule is O=C(NCC(O)C[AsH]c1ccc(N2CCOCC2=O)c(F)c1)c1ccc(Cl)s1. The first-order valence-corrected chi connectivity index (χ1v) is 12.3. The number of nitrogens with one attached hydrogen (secondary N) is 1. The Kier molecular flexibility index (Phi) is 7.48. The molecule has 0 saturated carbocycles. The number of nitrogens with zero attached hydrogens (tertiary/aromatic N) is 1. The number of rotatable bonds is 7. The normalized spacial score (nSPS) is 16.0. The van der Waals surface area contributed by atoms with Gasteiger partial charge >= 0.3 is 178 Å². The van der Waals surface area contributed by atoms with E-state index in [2.05, 4.69) is 5.32 Å². The van der Waals surface area contributed by atoms with Gasteiger partial charge in [0.05, 0.1) is 0 Å². The summed E-state index contributed by atoms with van der Waals surface area (Å²) in [5, 5.41) is 13.3. The first-order valence-electron chi connectivity index (χ1n) is 8.57. The van der Waals surface area contributed by atoms with Gasteiger partial charge in [0.2, 0.25) is 0 Å². The molecule has 2 atom stereocenters. The number of thiophene rings is 1. The number of aliphatic hydroxyl groups is 1. The van der Waals surface area contributed by atoms with Gasteiger partial charge in [-0.2, -0.15) is 0 Å². The Morgan fingerprint density at radius 3 is 2.93 bits per heavy atom. The van der Waals surface area contributed by atoms with Crippen LogP contribution >= 0.6 is 22.9 Å². The van der Waals surface area contributed by atoms with Crippen molar-refractivity contribution in [1.82, 2.24) is 5.32 Å². The van der Waals surface area contributed by atoms with Gasteiger partial charge in [-0.1, -0.05) is 0 Å². The van der Waals surface area contributed by atoms with Gasteiger partial charge < -0.3 is 0 Å². The van der Waals surface area contributed by atoms with E-state index in [1.165, 1.54) is 22.3 Å². The summed E-state index contributed by atoms with van der Waals surface area (Å²) in [6.45, 7) is 0.807. The Labute approximate surface area is 177 Å². The van der Waals surface area contributed by atoms with Crippen molar-refractivity contribution in [1.29, 1.82) is 0 Å². The molecule has 1 saturated heterocycles. The first kappa shape index (κ1) is 21.3. The zero-order chi connectivity index (χ0) is 20.1. The quantitative estimate of drug-likeness (QED) is 0.574. The average molecular weight is 489 g/mol. The van der Waals surface area contributed by atoms with Crippen LogP contribution in [0, 0.1) is 5.82 Å². The summed E-state index contributed by atoms with van der Waals surface area (Å²) in [7, 11) is 0. The third-order valence-corrected chi connectivity index (χ3v) is 8.22. The number of ether oxygens (including phenoxy) is 1. The predicted molar refractivity (Wildman–Crippen MR) is 109 cm³/mol.